The van der Waals surface area contributed by atoms with E-state index in [9.17, 15) is 0 Å². The summed E-state index contributed by atoms with van der Waals surface area (Å²) >= 11 is 0. The van der Waals surface area contributed by atoms with Crippen molar-refractivity contribution in [3.05, 3.63) is 29.6 Å². The van der Waals surface area contributed by atoms with Crippen molar-refractivity contribution in [1.29, 1.82) is 0 Å². The zero-order chi connectivity index (χ0) is 8.77. The van der Waals surface area contributed by atoms with E-state index in [0.29, 0.717) is 0 Å². The molecule has 1 aromatic rings. The Morgan fingerprint density at radius 2 is 2.25 bits per heavy atom. The smallest absolute Gasteiger partial charge is 0.106 e. The summed E-state index contributed by atoms with van der Waals surface area (Å²) in [5.74, 6) is 0. The van der Waals surface area contributed by atoms with Crippen LogP contribution in [0.3, 0.4) is 0 Å². The second-order valence-corrected chi connectivity index (χ2v) is 3.71. The number of rotatable bonds is 0. The van der Waals surface area contributed by atoms with Gasteiger partial charge in [-0.2, -0.15) is 0 Å². The molecular formula is C10H13NO. The van der Waals surface area contributed by atoms with Crippen LogP contribution in [-0.2, 0) is 10.3 Å². The second kappa shape index (κ2) is 2.30. The van der Waals surface area contributed by atoms with E-state index in [0.717, 1.165) is 5.69 Å². The summed E-state index contributed by atoms with van der Waals surface area (Å²) in [5.41, 5.74) is 2.09. The highest BCUT2D eigenvalue weighted by Crippen LogP contribution is 2.40. The molecule has 0 saturated heterocycles. The van der Waals surface area contributed by atoms with Crippen molar-refractivity contribution >= 4 is 0 Å². The van der Waals surface area contributed by atoms with Gasteiger partial charge in [-0.15, -0.1) is 0 Å². The molecule has 0 spiro atoms. The summed E-state index contributed by atoms with van der Waals surface area (Å²) < 4.78 is 5.76. The molecule has 0 fully saturated rings. The molecule has 0 amide bonds. The molecule has 0 aliphatic carbocycles. The number of pyridine rings is 1. The number of hydrogen-bond acceptors (Lipinski definition) is 2. The van der Waals surface area contributed by atoms with Crippen LogP contribution >= 0.6 is 0 Å². The summed E-state index contributed by atoms with van der Waals surface area (Å²) in [6.45, 7) is 6.18. The molecule has 0 saturated carbocycles. The Bertz CT molecular complexity index is 306. The molecule has 0 bridgehead atoms. The van der Waals surface area contributed by atoms with Gasteiger partial charge in [-0.05, 0) is 26.8 Å². The maximum Gasteiger partial charge on any atom is 0.106 e. The van der Waals surface area contributed by atoms with Crippen LogP contribution in [0, 0.1) is 0 Å². The summed E-state index contributed by atoms with van der Waals surface area (Å²) in [7, 11) is 0. The second-order valence-electron chi connectivity index (χ2n) is 3.71. The van der Waals surface area contributed by atoms with Crippen molar-refractivity contribution in [1.82, 2.24) is 4.98 Å². The maximum atomic E-state index is 5.76. The topological polar surface area (TPSA) is 22.1 Å². The predicted octanol–water partition coefficient (Wildman–Crippen LogP) is 2.41. The number of ether oxygens (including phenoxy) is 1. The number of hydrogen-bond donors (Lipinski definition) is 0. The van der Waals surface area contributed by atoms with Crippen LogP contribution in [0.15, 0.2) is 18.3 Å². The molecule has 0 aromatic carbocycles. The van der Waals surface area contributed by atoms with Crippen LogP contribution in [0.2, 0.25) is 0 Å². The number of aromatic nitrogens is 1. The van der Waals surface area contributed by atoms with Gasteiger partial charge in [0.05, 0.1) is 11.8 Å². The summed E-state index contributed by atoms with van der Waals surface area (Å²) in [5, 5.41) is 0. The molecule has 2 heterocycles. The molecule has 0 N–H and O–H groups in total. The van der Waals surface area contributed by atoms with Gasteiger partial charge in [-0.3, -0.25) is 4.98 Å². The van der Waals surface area contributed by atoms with Gasteiger partial charge in [0.2, 0.25) is 0 Å². The van der Waals surface area contributed by atoms with Crippen LogP contribution in [0.5, 0.6) is 0 Å². The fraction of sp³-hybridized carbons (Fsp3) is 0.500. The minimum absolute atomic E-state index is 0.184. The molecule has 64 valence electrons. The van der Waals surface area contributed by atoms with E-state index in [4.69, 9.17) is 4.74 Å². The molecule has 2 nitrogen and oxygen atoms in total. The Labute approximate surface area is 72.6 Å². The lowest BCUT2D eigenvalue weighted by Crippen LogP contribution is -2.16. The van der Waals surface area contributed by atoms with Gasteiger partial charge in [-0.1, -0.05) is 6.07 Å². The van der Waals surface area contributed by atoms with E-state index in [1.165, 1.54) is 5.56 Å². The Morgan fingerprint density at radius 1 is 1.50 bits per heavy atom. The lowest BCUT2D eigenvalue weighted by Gasteiger charge is -2.17. The summed E-state index contributed by atoms with van der Waals surface area (Å²) in [6, 6.07) is 4.04. The lowest BCUT2D eigenvalue weighted by atomic mass is 10.0. The standard InChI is InChI=1S/C10H13NO/c1-7-8-5-4-6-11-9(8)10(2,3)12-7/h4-7H,1-3H3. The first-order chi connectivity index (χ1) is 5.61. The van der Waals surface area contributed by atoms with Crippen LogP contribution in [0.1, 0.15) is 38.1 Å². The van der Waals surface area contributed by atoms with Gasteiger partial charge in [0.15, 0.2) is 0 Å². The summed E-state index contributed by atoms with van der Waals surface area (Å²) in [6.07, 6.45) is 2.01. The quantitative estimate of drug-likeness (QED) is 0.586. The van der Waals surface area contributed by atoms with Gasteiger partial charge in [0, 0.05) is 11.8 Å². The third-order valence-corrected chi connectivity index (χ3v) is 2.32. The minimum atomic E-state index is -0.212. The first kappa shape index (κ1) is 7.74. The van der Waals surface area contributed by atoms with Crippen LogP contribution in [0.25, 0.3) is 0 Å². The van der Waals surface area contributed by atoms with Gasteiger partial charge in [0.25, 0.3) is 0 Å². The predicted molar refractivity (Wildman–Crippen MR) is 46.8 cm³/mol. The molecule has 1 aliphatic heterocycles. The Kier molecular flexibility index (Phi) is 1.48. The zero-order valence-corrected chi connectivity index (χ0v) is 7.66. The maximum absolute atomic E-state index is 5.76. The van der Waals surface area contributed by atoms with Gasteiger partial charge >= 0.3 is 0 Å². The Balaban J connectivity index is 2.58. The van der Waals surface area contributed by atoms with E-state index in [2.05, 4.69) is 31.8 Å². The average Bonchev–Trinajstić information content (AvgIpc) is 2.25. The van der Waals surface area contributed by atoms with Crippen molar-refractivity contribution in [2.75, 3.05) is 0 Å². The third-order valence-electron chi connectivity index (χ3n) is 2.32. The fourth-order valence-corrected chi connectivity index (χ4v) is 1.81. The molecule has 2 rings (SSSR count). The highest BCUT2D eigenvalue weighted by molar-refractivity contribution is 5.30. The van der Waals surface area contributed by atoms with E-state index in [1.807, 2.05) is 12.3 Å². The zero-order valence-electron chi connectivity index (χ0n) is 7.66. The van der Waals surface area contributed by atoms with Crippen LogP contribution < -0.4 is 0 Å². The van der Waals surface area contributed by atoms with Gasteiger partial charge in [-0.25, -0.2) is 0 Å². The Morgan fingerprint density at radius 3 is 2.92 bits per heavy atom. The molecule has 12 heavy (non-hydrogen) atoms. The monoisotopic (exact) mass is 163 g/mol. The minimum Gasteiger partial charge on any atom is -0.362 e. The molecule has 0 radical (unpaired) electrons. The first-order valence-corrected chi connectivity index (χ1v) is 4.24. The van der Waals surface area contributed by atoms with Crippen molar-refractivity contribution in [3.8, 4) is 0 Å². The molecule has 1 aromatic heterocycles. The number of fused-ring (bicyclic) bond motifs is 1. The number of nitrogens with zero attached hydrogens (tertiary/aromatic N) is 1. The van der Waals surface area contributed by atoms with E-state index >= 15 is 0 Å². The third kappa shape index (κ3) is 0.950. The molecule has 1 aliphatic rings. The van der Waals surface area contributed by atoms with E-state index in [-0.39, 0.29) is 11.7 Å². The average molecular weight is 163 g/mol. The largest absolute Gasteiger partial charge is 0.362 e. The van der Waals surface area contributed by atoms with E-state index in [1.54, 1.807) is 0 Å². The highest BCUT2D eigenvalue weighted by Gasteiger charge is 2.36. The lowest BCUT2D eigenvalue weighted by molar-refractivity contribution is -0.0452. The molecule has 1 atom stereocenters. The normalized spacial score (nSPS) is 25.4. The molecule has 2 heteroatoms. The molecule has 1 unspecified atom stereocenters. The van der Waals surface area contributed by atoms with Crippen LogP contribution in [0.4, 0.5) is 0 Å². The van der Waals surface area contributed by atoms with E-state index < -0.39 is 0 Å². The van der Waals surface area contributed by atoms with Gasteiger partial charge in [0.1, 0.15) is 5.60 Å². The summed E-state index contributed by atoms with van der Waals surface area (Å²) in [4.78, 5) is 4.34. The highest BCUT2D eigenvalue weighted by atomic mass is 16.5. The molecular weight excluding hydrogens is 150 g/mol. The fourth-order valence-electron chi connectivity index (χ4n) is 1.81. The van der Waals surface area contributed by atoms with Crippen molar-refractivity contribution in [2.45, 2.75) is 32.5 Å². The SMILES string of the molecule is CC1OC(C)(C)c2ncccc21. The van der Waals surface area contributed by atoms with Crippen molar-refractivity contribution < 1.29 is 4.74 Å². The van der Waals surface area contributed by atoms with Crippen molar-refractivity contribution in [2.24, 2.45) is 0 Å². The van der Waals surface area contributed by atoms with Crippen molar-refractivity contribution in [3.63, 3.8) is 0 Å². The Hall–Kier alpha value is -0.890. The van der Waals surface area contributed by atoms with Crippen LogP contribution in [-0.4, -0.2) is 4.98 Å². The first-order valence-electron chi connectivity index (χ1n) is 4.24. The van der Waals surface area contributed by atoms with Gasteiger partial charge < -0.3 is 4.74 Å².